The van der Waals surface area contributed by atoms with Crippen molar-refractivity contribution in [2.24, 2.45) is 17.8 Å². The number of rotatable bonds is 8. The zero-order valence-electron chi connectivity index (χ0n) is 28.5. The number of esters is 1. The van der Waals surface area contributed by atoms with Crippen LogP contribution in [-0.4, -0.2) is 56.2 Å². The summed E-state index contributed by atoms with van der Waals surface area (Å²) in [4.78, 5) is 40.6. The molecule has 12 heteroatoms. The minimum absolute atomic E-state index is 0.0961. The maximum Gasteiger partial charge on any atom is 0.315 e. The highest BCUT2D eigenvalue weighted by molar-refractivity contribution is 6.04. The number of cyclic esters (lactones) is 1. The summed E-state index contributed by atoms with van der Waals surface area (Å²) in [7, 11) is 2.90. The number of benzene rings is 4. The fraction of sp³-hybridized carbons (Fsp3) is 0.244. The van der Waals surface area contributed by atoms with Crippen LogP contribution in [0.5, 0.6) is 23.0 Å². The molecule has 0 saturated carbocycles. The Morgan fingerprint density at radius 3 is 1.96 bits per heavy atom. The molecule has 0 bridgehead atoms. The second kappa shape index (κ2) is 13.1. The molecule has 4 aromatic rings. The van der Waals surface area contributed by atoms with Gasteiger partial charge in [0.1, 0.15) is 23.2 Å². The lowest BCUT2D eigenvalue weighted by Crippen LogP contribution is -2.48. The van der Waals surface area contributed by atoms with Crippen molar-refractivity contribution in [3.8, 4) is 23.0 Å². The van der Waals surface area contributed by atoms with Crippen LogP contribution in [0, 0.1) is 23.6 Å². The lowest BCUT2D eigenvalue weighted by atomic mass is 9.60. The molecule has 8 rings (SSSR count). The molecule has 4 aromatic carbocycles. The smallest absolute Gasteiger partial charge is 0.315 e. The van der Waals surface area contributed by atoms with Crippen LogP contribution in [0.3, 0.4) is 0 Å². The number of aliphatic carboxylic acids is 1. The minimum Gasteiger partial charge on any atom is -0.496 e. The molecule has 1 amide bonds. The Morgan fingerprint density at radius 2 is 1.40 bits per heavy atom. The lowest BCUT2D eigenvalue weighted by molar-refractivity contribution is -0.142. The SMILES string of the molecule is COc1ccccc1C1=CC(F)([C@H]2c3cc4c(cc3[C@@H](NC(=O)c3ccc(F)cc3)[C@@H]3C(=O)OC[C@@H]32)OCO4)C=C(c2ccccc2OC)C1C(=O)O. The van der Waals surface area contributed by atoms with E-state index in [0.29, 0.717) is 45.3 Å². The van der Waals surface area contributed by atoms with Crippen molar-refractivity contribution in [2.45, 2.75) is 17.6 Å². The highest BCUT2D eigenvalue weighted by Crippen LogP contribution is 2.59. The number of hydrogen-bond donors (Lipinski definition) is 2. The standard InChI is InChI=1S/C41H33F2NO9/c1-49-30-9-5-3-7-23(30)27-17-41(43,18-28(34(27)39(46)47)24-8-4-6-10-31(24)50-2)36-25-15-32-33(53-20-52-32)16-26(25)37(35-29(36)19-51-40(35)48)44-38(45)21-11-13-22(42)14-12-21/h3-18,29,34-37H,19-20H2,1-2H3,(H,44,45)(H,46,47)/t29-,34?,35+,36-,37+,41?/m0/s1. The van der Waals surface area contributed by atoms with Gasteiger partial charge in [0.2, 0.25) is 6.79 Å². The van der Waals surface area contributed by atoms with Crippen molar-refractivity contribution in [2.75, 3.05) is 27.6 Å². The second-order valence-corrected chi connectivity index (χ2v) is 13.3. The number of amides is 1. The summed E-state index contributed by atoms with van der Waals surface area (Å²) in [6.45, 7) is -0.282. The zero-order valence-corrected chi connectivity index (χ0v) is 28.5. The van der Waals surface area contributed by atoms with Gasteiger partial charge in [0.15, 0.2) is 17.2 Å². The number of halogens is 2. The molecule has 270 valence electrons. The summed E-state index contributed by atoms with van der Waals surface area (Å²) < 4.78 is 61.1. The summed E-state index contributed by atoms with van der Waals surface area (Å²) in [5.74, 6) is -6.05. The van der Waals surface area contributed by atoms with Gasteiger partial charge in [-0.05, 0) is 83.0 Å². The third-order valence-electron chi connectivity index (χ3n) is 10.5. The third kappa shape index (κ3) is 5.65. The fourth-order valence-corrected chi connectivity index (χ4v) is 8.27. The molecule has 2 aliphatic heterocycles. The average Bonchev–Trinajstić information content (AvgIpc) is 3.79. The molecule has 53 heavy (non-hydrogen) atoms. The molecule has 2 aliphatic carbocycles. The van der Waals surface area contributed by atoms with Crippen LogP contribution in [0.25, 0.3) is 11.1 Å². The Morgan fingerprint density at radius 1 is 0.830 bits per heavy atom. The first-order valence-corrected chi connectivity index (χ1v) is 16.9. The Kier molecular flexibility index (Phi) is 8.39. The van der Waals surface area contributed by atoms with E-state index in [9.17, 15) is 23.9 Å². The molecule has 0 aromatic heterocycles. The molecule has 4 aliphatic rings. The molecule has 0 spiro atoms. The van der Waals surface area contributed by atoms with Gasteiger partial charge in [0.25, 0.3) is 5.91 Å². The first-order chi connectivity index (χ1) is 25.6. The first kappa shape index (κ1) is 33.9. The Labute approximate surface area is 302 Å². The van der Waals surface area contributed by atoms with Crippen molar-refractivity contribution < 1.29 is 52.0 Å². The molecular formula is C41H33F2NO9. The van der Waals surface area contributed by atoms with E-state index in [1.54, 1.807) is 60.7 Å². The van der Waals surface area contributed by atoms with E-state index in [-0.39, 0.29) is 30.1 Å². The van der Waals surface area contributed by atoms with Gasteiger partial charge < -0.3 is 34.1 Å². The lowest BCUT2D eigenvalue weighted by Gasteiger charge is -2.45. The normalized spacial score (nSPS) is 25.3. The molecular weight excluding hydrogens is 688 g/mol. The van der Waals surface area contributed by atoms with Crippen LogP contribution >= 0.6 is 0 Å². The predicted molar refractivity (Wildman–Crippen MR) is 187 cm³/mol. The van der Waals surface area contributed by atoms with Crippen LogP contribution in [0.4, 0.5) is 8.78 Å². The number of carboxylic acid groups (broad SMARTS) is 1. The van der Waals surface area contributed by atoms with Gasteiger partial charge >= 0.3 is 11.9 Å². The number of carbonyl (C=O) groups is 3. The van der Waals surface area contributed by atoms with Gasteiger partial charge in [-0.3, -0.25) is 14.4 Å². The summed E-state index contributed by atoms with van der Waals surface area (Å²) in [5.41, 5.74) is -0.510. The third-order valence-corrected chi connectivity index (χ3v) is 10.5. The number of allylic oxidation sites excluding steroid dienone is 2. The van der Waals surface area contributed by atoms with Gasteiger partial charge in [0.05, 0.1) is 32.8 Å². The number of alkyl halides is 1. The number of para-hydroxylation sites is 2. The maximum absolute atomic E-state index is 18.9. The molecule has 2 N–H and O–H groups in total. The summed E-state index contributed by atoms with van der Waals surface area (Å²) in [6.07, 6.45) is 2.61. The van der Waals surface area contributed by atoms with E-state index in [0.717, 1.165) is 12.1 Å². The number of ether oxygens (including phenoxy) is 5. The summed E-state index contributed by atoms with van der Waals surface area (Å²) >= 11 is 0. The van der Waals surface area contributed by atoms with E-state index in [2.05, 4.69) is 5.32 Å². The molecule has 4 atom stereocenters. The van der Waals surface area contributed by atoms with Crippen LogP contribution in [-0.2, 0) is 14.3 Å². The van der Waals surface area contributed by atoms with Gasteiger partial charge in [-0.15, -0.1) is 0 Å². The predicted octanol–water partition coefficient (Wildman–Crippen LogP) is 6.52. The van der Waals surface area contributed by atoms with Crippen molar-refractivity contribution in [1.82, 2.24) is 5.32 Å². The Bertz CT molecular complexity index is 2150. The van der Waals surface area contributed by atoms with Crippen LogP contribution in [0.1, 0.15) is 44.6 Å². The molecule has 2 heterocycles. The van der Waals surface area contributed by atoms with Gasteiger partial charge in [-0.25, -0.2) is 8.78 Å². The second-order valence-electron chi connectivity index (χ2n) is 13.3. The van der Waals surface area contributed by atoms with Crippen molar-refractivity contribution in [3.63, 3.8) is 0 Å². The summed E-state index contributed by atoms with van der Waals surface area (Å²) in [5, 5.41) is 13.8. The van der Waals surface area contributed by atoms with Gasteiger partial charge in [-0.1, -0.05) is 36.4 Å². The average molecular weight is 722 g/mol. The number of carboxylic acids is 1. The van der Waals surface area contributed by atoms with E-state index in [1.165, 1.54) is 38.5 Å². The fourth-order valence-electron chi connectivity index (χ4n) is 8.27. The van der Waals surface area contributed by atoms with E-state index >= 15 is 4.39 Å². The van der Waals surface area contributed by atoms with Crippen molar-refractivity contribution >= 4 is 29.0 Å². The van der Waals surface area contributed by atoms with Crippen molar-refractivity contribution in [3.05, 3.63) is 131 Å². The largest absolute Gasteiger partial charge is 0.496 e. The van der Waals surface area contributed by atoms with Crippen LogP contribution in [0.15, 0.2) is 97.1 Å². The van der Waals surface area contributed by atoms with Crippen LogP contribution < -0.4 is 24.3 Å². The number of methoxy groups -OCH3 is 2. The van der Waals surface area contributed by atoms with E-state index in [4.69, 9.17) is 23.7 Å². The molecule has 1 saturated heterocycles. The number of nitrogens with one attached hydrogen (secondary N) is 1. The van der Waals surface area contributed by atoms with E-state index < -0.39 is 59.0 Å². The number of fused-ring (bicyclic) bond motifs is 3. The van der Waals surface area contributed by atoms with E-state index in [1.807, 2.05) is 0 Å². The van der Waals surface area contributed by atoms with Gasteiger partial charge in [0, 0.05) is 28.5 Å². The maximum atomic E-state index is 18.9. The molecule has 0 radical (unpaired) electrons. The minimum atomic E-state index is -2.47. The zero-order chi connectivity index (χ0) is 37.0. The van der Waals surface area contributed by atoms with Crippen LogP contribution in [0.2, 0.25) is 0 Å². The summed E-state index contributed by atoms with van der Waals surface area (Å²) in [6, 6.07) is 20.8. The number of carbonyl (C=O) groups excluding carboxylic acids is 2. The molecule has 0 unspecified atom stereocenters. The van der Waals surface area contributed by atoms with Crippen molar-refractivity contribution in [1.29, 1.82) is 0 Å². The Hall–Kier alpha value is -6.17. The topological polar surface area (TPSA) is 130 Å². The molecule has 1 fully saturated rings. The monoisotopic (exact) mass is 721 g/mol. The van der Waals surface area contributed by atoms with Gasteiger partial charge in [-0.2, -0.15) is 0 Å². The Balaban J connectivity index is 1.37. The first-order valence-electron chi connectivity index (χ1n) is 16.9. The molecule has 10 nitrogen and oxygen atoms in total. The quantitative estimate of drug-likeness (QED) is 0.196. The number of hydrogen-bond acceptors (Lipinski definition) is 8. The highest BCUT2D eigenvalue weighted by atomic mass is 19.1. The highest BCUT2D eigenvalue weighted by Gasteiger charge is 2.59.